The fraction of sp³-hybridized carbons (Fsp3) is 0.667. The Bertz CT molecular complexity index is 368. The second-order valence-corrected chi connectivity index (χ2v) is 2.88. The molecule has 2 N–H and O–H groups in total. The van der Waals surface area contributed by atoms with Crippen molar-refractivity contribution in [2.75, 3.05) is 0 Å². The summed E-state index contributed by atoms with van der Waals surface area (Å²) in [5, 5.41) is 15.3. The largest absolute Gasteiger partial charge is 0.475 e. The average molecular weight is 322 g/mol. The number of carbonyl (C=O) groups is 2. The molecular weight excluding hydrogens is 320 g/mol. The van der Waals surface area contributed by atoms with Crippen LogP contribution in [0.1, 0.15) is 0 Å². The summed E-state index contributed by atoms with van der Waals surface area (Å²) in [6.07, 6.45) is -24.9. The smallest absolute Gasteiger partial charge is 0.460 e. The predicted molar refractivity (Wildman–Crippen MR) is 37.2 cm³/mol. The summed E-state index contributed by atoms with van der Waals surface area (Å²) >= 11 is 0. The summed E-state index contributed by atoms with van der Waals surface area (Å²) in [5.74, 6) is -6.86. The van der Waals surface area contributed by atoms with Crippen molar-refractivity contribution in [3.8, 4) is 0 Å². The highest BCUT2D eigenvalue weighted by Gasteiger charge is 2.69. The highest BCUT2D eigenvalue weighted by Crippen LogP contribution is 2.43. The molecule has 0 radical (unpaired) electrons. The van der Waals surface area contributed by atoms with Crippen molar-refractivity contribution in [2.24, 2.45) is 0 Å². The lowest BCUT2D eigenvalue weighted by Crippen LogP contribution is -2.54. The van der Waals surface area contributed by atoms with Crippen molar-refractivity contribution in [3.05, 3.63) is 0 Å². The molecule has 20 heavy (non-hydrogen) atoms. The molecule has 0 aromatic carbocycles. The van der Waals surface area contributed by atoms with E-state index in [4.69, 9.17) is 10.2 Å². The van der Waals surface area contributed by atoms with E-state index in [1.54, 1.807) is 0 Å². The first-order valence-corrected chi connectivity index (χ1v) is 3.93. The van der Waals surface area contributed by atoms with Crippen LogP contribution in [0.2, 0.25) is 0 Å². The molecule has 14 heteroatoms. The van der Waals surface area contributed by atoms with Gasteiger partial charge in [0.2, 0.25) is 0 Å². The molecule has 0 bridgehead atoms. The van der Waals surface area contributed by atoms with Crippen LogP contribution in [0.5, 0.6) is 0 Å². The van der Waals surface area contributed by atoms with Crippen molar-refractivity contribution in [3.63, 3.8) is 0 Å². The van der Waals surface area contributed by atoms with Gasteiger partial charge in [0, 0.05) is 0 Å². The Labute approximate surface area is 102 Å². The summed E-state index contributed by atoms with van der Waals surface area (Å²) in [4.78, 5) is 19.4. The van der Waals surface area contributed by atoms with Gasteiger partial charge in [-0.3, -0.25) is 0 Å². The number of halogens is 8. The molecule has 0 aromatic heterocycles. The molecular formula is C6H2F8O6. The van der Waals surface area contributed by atoms with Gasteiger partial charge in [0.1, 0.15) is 0 Å². The molecule has 0 amide bonds. The standard InChI is InChI=1S/C6H2F8O6/c7-3(8,1(15)16)19-5(11,12)6(13,14)20-4(9,10)2(17)18/h(H,15,16)(H,17,18). The Hall–Kier alpha value is -1.70. The predicted octanol–water partition coefficient (Wildman–Crippen LogP) is 1.56. The number of alkyl halides is 8. The fourth-order valence-electron chi connectivity index (χ4n) is 0.528. The molecule has 118 valence electrons. The van der Waals surface area contributed by atoms with Gasteiger partial charge in [0.15, 0.2) is 0 Å². The van der Waals surface area contributed by atoms with Crippen LogP contribution in [0.4, 0.5) is 35.1 Å². The minimum atomic E-state index is -6.58. The summed E-state index contributed by atoms with van der Waals surface area (Å²) < 4.78 is 102. The Morgan fingerprint density at radius 2 is 0.850 bits per heavy atom. The summed E-state index contributed by atoms with van der Waals surface area (Å²) in [6.45, 7) is 0. The van der Waals surface area contributed by atoms with Gasteiger partial charge in [-0.25, -0.2) is 19.1 Å². The van der Waals surface area contributed by atoms with Crippen molar-refractivity contribution in [1.29, 1.82) is 0 Å². The average Bonchev–Trinajstić information content (AvgIpc) is 2.12. The van der Waals surface area contributed by atoms with Crippen LogP contribution in [-0.4, -0.2) is 46.6 Å². The van der Waals surface area contributed by atoms with E-state index in [9.17, 15) is 44.7 Å². The van der Waals surface area contributed by atoms with Crippen LogP contribution in [0.3, 0.4) is 0 Å². The zero-order chi connectivity index (χ0) is 16.6. The molecule has 6 nitrogen and oxygen atoms in total. The zero-order valence-corrected chi connectivity index (χ0v) is 8.55. The number of ether oxygens (including phenoxy) is 2. The quantitative estimate of drug-likeness (QED) is 0.691. The molecule has 0 saturated heterocycles. The lowest BCUT2D eigenvalue weighted by Gasteiger charge is -2.28. The van der Waals surface area contributed by atoms with E-state index in [0.717, 1.165) is 0 Å². The third-order valence-electron chi connectivity index (χ3n) is 1.35. The molecule has 0 spiro atoms. The van der Waals surface area contributed by atoms with Gasteiger partial charge in [-0.15, -0.1) is 0 Å². The Morgan fingerprint density at radius 1 is 0.650 bits per heavy atom. The van der Waals surface area contributed by atoms with E-state index in [1.165, 1.54) is 0 Å². The van der Waals surface area contributed by atoms with Crippen molar-refractivity contribution in [1.82, 2.24) is 0 Å². The third-order valence-corrected chi connectivity index (χ3v) is 1.35. The first kappa shape index (κ1) is 18.3. The lowest BCUT2D eigenvalue weighted by molar-refractivity contribution is -0.501. The molecule has 0 aromatic rings. The molecule has 0 aliphatic heterocycles. The number of aliphatic carboxylic acids is 2. The molecule has 0 atom stereocenters. The van der Waals surface area contributed by atoms with Gasteiger partial charge >= 0.3 is 36.4 Å². The van der Waals surface area contributed by atoms with E-state index in [2.05, 4.69) is 0 Å². The van der Waals surface area contributed by atoms with Gasteiger partial charge in [-0.05, 0) is 0 Å². The van der Waals surface area contributed by atoms with Crippen LogP contribution in [0.15, 0.2) is 0 Å². The second kappa shape index (κ2) is 5.01. The monoisotopic (exact) mass is 322 g/mol. The number of carboxylic acids is 2. The Morgan fingerprint density at radius 3 is 1.00 bits per heavy atom. The first-order valence-electron chi connectivity index (χ1n) is 3.93. The van der Waals surface area contributed by atoms with Crippen LogP contribution >= 0.6 is 0 Å². The maximum Gasteiger partial charge on any atom is 0.460 e. The molecule has 0 heterocycles. The van der Waals surface area contributed by atoms with E-state index in [0.29, 0.717) is 0 Å². The van der Waals surface area contributed by atoms with E-state index in [-0.39, 0.29) is 0 Å². The topological polar surface area (TPSA) is 93.1 Å². The first-order chi connectivity index (χ1) is 8.55. The van der Waals surface area contributed by atoms with E-state index in [1.807, 2.05) is 9.47 Å². The third kappa shape index (κ3) is 3.89. The number of carboxylic acid groups (broad SMARTS) is 2. The highest BCUT2D eigenvalue weighted by atomic mass is 19.3. The fourth-order valence-corrected chi connectivity index (χ4v) is 0.528. The van der Waals surface area contributed by atoms with Crippen LogP contribution in [0.25, 0.3) is 0 Å². The van der Waals surface area contributed by atoms with Crippen LogP contribution in [-0.2, 0) is 19.1 Å². The van der Waals surface area contributed by atoms with E-state index >= 15 is 0 Å². The normalized spacial score (nSPS) is 14.2. The van der Waals surface area contributed by atoms with E-state index < -0.39 is 36.4 Å². The molecule has 0 rings (SSSR count). The number of hydrogen-bond donors (Lipinski definition) is 2. The minimum Gasteiger partial charge on any atom is -0.475 e. The van der Waals surface area contributed by atoms with Gasteiger partial charge in [0.25, 0.3) is 0 Å². The van der Waals surface area contributed by atoms with Gasteiger partial charge in [0.05, 0.1) is 0 Å². The van der Waals surface area contributed by atoms with Gasteiger partial charge in [-0.1, -0.05) is 0 Å². The van der Waals surface area contributed by atoms with Crippen LogP contribution < -0.4 is 0 Å². The number of hydrogen-bond acceptors (Lipinski definition) is 4. The summed E-state index contributed by atoms with van der Waals surface area (Å²) in [7, 11) is 0. The van der Waals surface area contributed by atoms with Crippen molar-refractivity contribution < 1.29 is 64.4 Å². The maximum atomic E-state index is 12.5. The Balaban J connectivity index is 5.27. The van der Waals surface area contributed by atoms with Gasteiger partial charge < -0.3 is 10.2 Å². The molecule has 0 unspecified atom stereocenters. The van der Waals surface area contributed by atoms with Crippen molar-refractivity contribution in [2.45, 2.75) is 24.4 Å². The Kier molecular flexibility index (Phi) is 4.58. The van der Waals surface area contributed by atoms with Crippen molar-refractivity contribution >= 4 is 11.9 Å². The highest BCUT2D eigenvalue weighted by molar-refractivity contribution is 5.73. The molecule has 0 aliphatic rings. The lowest BCUT2D eigenvalue weighted by atomic mass is 10.5. The minimum absolute atomic E-state index is 1.91. The number of rotatable bonds is 7. The maximum absolute atomic E-state index is 12.5. The summed E-state index contributed by atoms with van der Waals surface area (Å²) in [5.41, 5.74) is 0. The van der Waals surface area contributed by atoms with Crippen LogP contribution in [0, 0.1) is 0 Å². The van der Waals surface area contributed by atoms with Gasteiger partial charge in [-0.2, -0.15) is 35.1 Å². The SMILES string of the molecule is O=C(O)C(F)(F)OC(F)(F)C(F)(F)OC(F)(F)C(=O)O. The zero-order valence-electron chi connectivity index (χ0n) is 8.55. The molecule has 0 aliphatic carbocycles. The molecule has 0 saturated carbocycles. The summed E-state index contributed by atoms with van der Waals surface area (Å²) in [6, 6.07) is 0. The molecule has 0 fully saturated rings. The second-order valence-electron chi connectivity index (χ2n) is 2.88.